The summed E-state index contributed by atoms with van der Waals surface area (Å²) in [5.41, 5.74) is 0.387. The van der Waals surface area contributed by atoms with Crippen molar-refractivity contribution in [2.75, 3.05) is 4.31 Å². The zero-order valence-corrected chi connectivity index (χ0v) is 15.4. The highest BCUT2D eigenvalue weighted by Crippen LogP contribution is 2.30. The Labute approximate surface area is 152 Å². The van der Waals surface area contributed by atoms with E-state index in [1.54, 1.807) is 13.8 Å². The molecule has 1 aromatic heterocycles. The predicted octanol–water partition coefficient (Wildman–Crippen LogP) is 3.37. The highest BCUT2D eigenvalue weighted by molar-refractivity contribution is 7.93. The van der Waals surface area contributed by atoms with Gasteiger partial charge < -0.3 is 4.42 Å². The summed E-state index contributed by atoms with van der Waals surface area (Å²) in [5.74, 6) is -1.84. The number of hydrogen-bond acceptors (Lipinski definition) is 6. The van der Waals surface area contributed by atoms with Crippen molar-refractivity contribution >= 4 is 43.2 Å². The summed E-state index contributed by atoms with van der Waals surface area (Å²) in [4.78, 5) is 23.3. The van der Waals surface area contributed by atoms with Gasteiger partial charge in [-0.05, 0) is 42.5 Å². The van der Waals surface area contributed by atoms with Crippen molar-refractivity contribution in [1.82, 2.24) is 0 Å². The molecule has 26 heavy (non-hydrogen) atoms. The van der Waals surface area contributed by atoms with Crippen LogP contribution in [0.1, 0.15) is 13.8 Å². The van der Waals surface area contributed by atoms with E-state index in [4.69, 9.17) is 4.42 Å². The molecule has 0 N–H and O–H groups in total. The SMILES string of the molecule is CC(C)C(=O)N(c1ccc2oc(=O)sc2c1)S(=O)(=O)c1ccc(F)cc1. The van der Waals surface area contributed by atoms with E-state index in [9.17, 15) is 22.4 Å². The van der Waals surface area contributed by atoms with Gasteiger partial charge >= 0.3 is 4.94 Å². The number of carbonyl (C=O) groups excluding carboxylic acids is 1. The number of fused-ring (bicyclic) bond motifs is 1. The van der Waals surface area contributed by atoms with Gasteiger partial charge in [-0.1, -0.05) is 25.2 Å². The van der Waals surface area contributed by atoms with Crippen molar-refractivity contribution in [1.29, 1.82) is 0 Å². The monoisotopic (exact) mass is 395 g/mol. The van der Waals surface area contributed by atoms with Crippen LogP contribution < -0.4 is 9.24 Å². The molecule has 6 nitrogen and oxygen atoms in total. The van der Waals surface area contributed by atoms with Gasteiger partial charge in [-0.2, -0.15) is 0 Å². The Balaban J connectivity index is 2.19. The largest absolute Gasteiger partial charge is 0.414 e. The van der Waals surface area contributed by atoms with E-state index in [2.05, 4.69) is 0 Å². The minimum atomic E-state index is -4.26. The second kappa shape index (κ2) is 6.65. The molecule has 0 saturated heterocycles. The van der Waals surface area contributed by atoms with Crippen molar-refractivity contribution < 1.29 is 22.0 Å². The summed E-state index contributed by atoms with van der Waals surface area (Å²) in [6.07, 6.45) is 0. The number of nitrogens with zero attached hydrogens (tertiary/aromatic N) is 1. The van der Waals surface area contributed by atoms with Gasteiger partial charge in [0.25, 0.3) is 10.0 Å². The second-order valence-corrected chi connectivity index (χ2v) is 8.57. The van der Waals surface area contributed by atoms with Crippen molar-refractivity contribution in [3.63, 3.8) is 0 Å². The molecule has 1 amide bonds. The Bertz CT molecular complexity index is 1130. The third kappa shape index (κ3) is 3.27. The average molecular weight is 395 g/mol. The molecule has 0 aliphatic heterocycles. The number of carbonyl (C=O) groups is 1. The molecule has 0 aliphatic rings. The van der Waals surface area contributed by atoms with E-state index in [1.807, 2.05) is 0 Å². The van der Waals surface area contributed by atoms with E-state index in [0.29, 0.717) is 14.6 Å². The maximum Gasteiger partial charge on any atom is 0.396 e. The van der Waals surface area contributed by atoms with Crippen LogP contribution in [0.5, 0.6) is 0 Å². The summed E-state index contributed by atoms with van der Waals surface area (Å²) in [6, 6.07) is 8.45. The summed E-state index contributed by atoms with van der Waals surface area (Å²) < 4.78 is 45.3. The van der Waals surface area contributed by atoms with Crippen molar-refractivity contribution in [3.8, 4) is 0 Å². The number of amides is 1. The fourth-order valence-electron chi connectivity index (χ4n) is 2.32. The van der Waals surface area contributed by atoms with E-state index in [1.165, 1.54) is 18.2 Å². The van der Waals surface area contributed by atoms with E-state index < -0.39 is 32.6 Å². The summed E-state index contributed by atoms with van der Waals surface area (Å²) in [7, 11) is -4.26. The first-order valence-electron chi connectivity index (χ1n) is 7.58. The topological polar surface area (TPSA) is 84.7 Å². The van der Waals surface area contributed by atoms with Crippen molar-refractivity contribution in [3.05, 3.63) is 58.0 Å². The van der Waals surface area contributed by atoms with Crippen LogP contribution in [0.15, 0.2) is 56.6 Å². The van der Waals surface area contributed by atoms with E-state index in [0.717, 1.165) is 35.6 Å². The number of benzene rings is 2. The van der Waals surface area contributed by atoms with Crippen molar-refractivity contribution in [2.24, 2.45) is 5.92 Å². The highest BCUT2D eigenvalue weighted by atomic mass is 32.2. The number of hydrogen-bond donors (Lipinski definition) is 0. The number of sulfonamides is 1. The normalized spacial score (nSPS) is 11.8. The predicted molar refractivity (Wildman–Crippen MR) is 96.3 cm³/mol. The van der Waals surface area contributed by atoms with Gasteiger partial charge in [0.1, 0.15) is 11.4 Å². The molecule has 9 heteroatoms. The molecule has 3 aromatic rings. The van der Waals surface area contributed by atoms with Crippen molar-refractivity contribution in [2.45, 2.75) is 18.7 Å². The fourth-order valence-corrected chi connectivity index (χ4v) is 4.55. The molecule has 1 heterocycles. The molecule has 0 spiro atoms. The third-order valence-corrected chi connectivity index (χ3v) is 6.12. The molecule has 0 fully saturated rings. The van der Waals surface area contributed by atoms with Crippen LogP contribution in [0.2, 0.25) is 0 Å². The number of halogens is 1. The molecule has 0 radical (unpaired) electrons. The van der Waals surface area contributed by atoms with E-state index in [-0.39, 0.29) is 10.6 Å². The van der Waals surface area contributed by atoms with Crippen LogP contribution in [0, 0.1) is 11.7 Å². The maximum absolute atomic E-state index is 13.1. The Hall–Kier alpha value is -2.52. The first-order valence-corrected chi connectivity index (χ1v) is 9.84. The smallest absolute Gasteiger partial charge is 0.396 e. The molecule has 2 aromatic carbocycles. The lowest BCUT2D eigenvalue weighted by Gasteiger charge is -2.24. The quantitative estimate of drug-likeness (QED) is 0.676. The van der Waals surface area contributed by atoms with Crippen LogP contribution in [0.3, 0.4) is 0 Å². The van der Waals surface area contributed by atoms with Gasteiger partial charge in [0.2, 0.25) is 5.91 Å². The lowest BCUT2D eigenvalue weighted by atomic mass is 10.2. The second-order valence-electron chi connectivity index (χ2n) is 5.80. The van der Waals surface area contributed by atoms with Gasteiger partial charge in [-0.25, -0.2) is 21.9 Å². The van der Waals surface area contributed by atoms with Gasteiger partial charge in [-0.15, -0.1) is 0 Å². The molecule has 0 bridgehead atoms. The zero-order chi connectivity index (χ0) is 19.1. The van der Waals surface area contributed by atoms with Gasteiger partial charge in [-0.3, -0.25) is 4.79 Å². The number of anilines is 1. The Morgan fingerprint density at radius 3 is 2.42 bits per heavy atom. The Morgan fingerprint density at radius 2 is 1.81 bits per heavy atom. The molecule has 136 valence electrons. The van der Waals surface area contributed by atoms with Gasteiger partial charge in [0.15, 0.2) is 0 Å². The Morgan fingerprint density at radius 1 is 1.15 bits per heavy atom. The first-order chi connectivity index (χ1) is 12.2. The summed E-state index contributed by atoms with van der Waals surface area (Å²) in [5, 5.41) is 0. The molecule has 3 rings (SSSR count). The number of rotatable bonds is 4. The molecule has 0 atom stereocenters. The fraction of sp³-hybridized carbons (Fsp3) is 0.176. The van der Waals surface area contributed by atoms with Crippen LogP contribution in [0.25, 0.3) is 10.3 Å². The molecule has 0 aliphatic carbocycles. The standard InChI is InChI=1S/C17H14FNO5S2/c1-10(2)16(20)19(26(22,23)13-6-3-11(18)4-7-13)12-5-8-14-15(9-12)25-17(21)24-14/h3-10H,1-2H3. The third-order valence-electron chi connectivity index (χ3n) is 3.59. The molecule has 0 unspecified atom stereocenters. The van der Waals surface area contributed by atoms with Gasteiger partial charge in [0.05, 0.1) is 15.3 Å². The average Bonchev–Trinajstić information content (AvgIpc) is 2.94. The van der Waals surface area contributed by atoms with Crippen LogP contribution in [-0.2, 0) is 14.8 Å². The Kier molecular flexibility index (Phi) is 4.68. The van der Waals surface area contributed by atoms with E-state index >= 15 is 0 Å². The maximum atomic E-state index is 13.1. The van der Waals surface area contributed by atoms with Gasteiger partial charge in [0, 0.05) is 5.92 Å². The lowest BCUT2D eigenvalue weighted by molar-refractivity contribution is -0.120. The minimum absolute atomic E-state index is 0.0811. The molecular weight excluding hydrogens is 381 g/mol. The minimum Gasteiger partial charge on any atom is -0.414 e. The summed E-state index contributed by atoms with van der Waals surface area (Å²) >= 11 is 0.808. The van der Waals surface area contributed by atoms with Crippen LogP contribution in [-0.4, -0.2) is 14.3 Å². The molecule has 0 saturated carbocycles. The molecular formula is C17H14FNO5S2. The first kappa shape index (κ1) is 18.3. The lowest BCUT2D eigenvalue weighted by Crippen LogP contribution is -2.39. The van der Waals surface area contributed by atoms with Crippen LogP contribution in [0.4, 0.5) is 10.1 Å². The summed E-state index contributed by atoms with van der Waals surface area (Å²) in [6.45, 7) is 3.15. The van der Waals surface area contributed by atoms with Crippen LogP contribution >= 0.6 is 11.3 Å². The zero-order valence-electron chi connectivity index (χ0n) is 13.8. The highest BCUT2D eigenvalue weighted by Gasteiger charge is 2.32.